The molecule has 2 atom stereocenters. The Morgan fingerprint density at radius 1 is 1.17 bits per heavy atom. The summed E-state index contributed by atoms with van der Waals surface area (Å²) >= 11 is 6.07. The number of imidazole rings is 1. The van der Waals surface area contributed by atoms with E-state index in [0.29, 0.717) is 40.1 Å². The minimum Gasteiger partial charge on any atom is -0.347 e. The molecule has 0 bridgehead atoms. The molecule has 1 saturated heterocycles. The molecule has 0 saturated carbocycles. The molecule has 4 aromatic rings. The first-order valence-corrected chi connectivity index (χ1v) is 11.3. The molecule has 8 nitrogen and oxygen atoms in total. The normalized spacial score (nSPS) is 21.9. The monoisotopic (exact) mass is 497 g/mol. The molecular formula is C23H15ClF3N7O. The molecule has 1 N–H and O–H groups in total. The second-order valence-corrected chi connectivity index (χ2v) is 9.31. The highest BCUT2D eigenvalue weighted by Crippen LogP contribution is 2.60. The maximum atomic E-state index is 13.4. The number of rotatable bonds is 4. The van der Waals surface area contributed by atoms with E-state index in [2.05, 4.69) is 20.3 Å². The third-order valence-electron chi connectivity index (χ3n) is 6.88. The topological polar surface area (TPSA) is 88.1 Å². The van der Waals surface area contributed by atoms with Gasteiger partial charge in [-0.25, -0.2) is 19.9 Å². The van der Waals surface area contributed by atoms with Gasteiger partial charge in [-0.2, -0.15) is 13.2 Å². The lowest BCUT2D eigenvalue weighted by atomic mass is 9.74. The third kappa shape index (κ3) is 2.84. The quantitative estimate of drug-likeness (QED) is 0.432. The molecule has 7 rings (SSSR count). The number of aromatic nitrogens is 5. The van der Waals surface area contributed by atoms with Crippen LogP contribution in [0.1, 0.15) is 23.2 Å². The molecule has 12 heteroatoms. The predicted octanol–water partition coefficient (Wildman–Crippen LogP) is 3.78. The summed E-state index contributed by atoms with van der Waals surface area (Å²) in [4.78, 5) is 33.4. The smallest absolute Gasteiger partial charge is 0.347 e. The van der Waals surface area contributed by atoms with Crippen molar-refractivity contribution in [2.24, 2.45) is 0 Å². The lowest BCUT2D eigenvalue weighted by Crippen LogP contribution is -2.40. The van der Waals surface area contributed by atoms with E-state index < -0.39 is 18.0 Å². The van der Waals surface area contributed by atoms with E-state index >= 15 is 0 Å². The van der Waals surface area contributed by atoms with Crippen LogP contribution in [0.5, 0.6) is 0 Å². The number of amides is 1. The maximum Gasteiger partial charge on any atom is 0.389 e. The lowest BCUT2D eigenvalue weighted by Gasteiger charge is -2.23. The van der Waals surface area contributed by atoms with Crippen molar-refractivity contribution in [1.29, 1.82) is 0 Å². The number of carbonyl (C=O) groups is 1. The van der Waals surface area contributed by atoms with Crippen LogP contribution in [0.25, 0.3) is 17.2 Å². The van der Waals surface area contributed by atoms with Crippen LogP contribution in [-0.4, -0.2) is 49.0 Å². The van der Waals surface area contributed by atoms with Gasteiger partial charge < -0.3 is 14.6 Å². The number of nitrogens with zero attached hydrogens (tertiary/aromatic N) is 6. The van der Waals surface area contributed by atoms with Gasteiger partial charge in [-0.1, -0.05) is 23.7 Å². The van der Waals surface area contributed by atoms with Crippen molar-refractivity contribution in [3.05, 3.63) is 64.7 Å². The third-order valence-corrected chi connectivity index (χ3v) is 7.13. The highest BCUT2D eigenvalue weighted by molar-refractivity contribution is 6.30. The van der Waals surface area contributed by atoms with Crippen LogP contribution >= 0.6 is 11.6 Å². The van der Waals surface area contributed by atoms with Crippen LogP contribution in [0.15, 0.2) is 42.9 Å². The highest BCUT2D eigenvalue weighted by atomic mass is 35.5. The van der Waals surface area contributed by atoms with E-state index in [0.717, 1.165) is 5.56 Å². The van der Waals surface area contributed by atoms with Crippen molar-refractivity contribution in [2.45, 2.75) is 30.5 Å². The van der Waals surface area contributed by atoms with Gasteiger partial charge in [0, 0.05) is 43.0 Å². The first-order valence-electron chi connectivity index (χ1n) is 10.9. The van der Waals surface area contributed by atoms with Crippen molar-refractivity contribution >= 4 is 34.8 Å². The number of benzene rings is 1. The van der Waals surface area contributed by atoms with E-state index in [-0.39, 0.29) is 29.9 Å². The van der Waals surface area contributed by atoms with Crippen molar-refractivity contribution < 1.29 is 18.0 Å². The van der Waals surface area contributed by atoms with Gasteiger partial charge in [0.25, 0.3) is 0 Å². The molecule has 2 unspecified atom stereocenters. The molecule has 1 amide bonds. The van der Waals surface area contributed by atoms with Crippen molar-refractivity contribution in [1.82, 2.24) is 24.3 Å². The number of aryl methyl sites for hydroxylation is 1. The summed E-state index contributed by atoms with van der Waals surface area (Å²) in [5, 5.41) is 3.48. The fourth-order valence-electron chi connectivity index (χ4n) is 5.32. The van der Waals surface area contributed by atoms with Gasteiger partial charge in [0.1, 0.15) is 22.7 Å². The van der Waals surface area contributed by atoms with Crippen LogP contribution in [0.4, 0.5) is 24.8 Å². The van der Waals surface area contributed by atoms with E-state index in [1.54, 1.807) is 28.9 Å². The van der Waals surface area contributed by atoms with E-state index in [1.165, 1.54) is 6.20 Å². The van der Waals surface area contributed by atoms with Crippen LogP contribution in [0.3, 0.4) is 0 Å². The van der Waals surface area contributed by atoms with Crippen LogP contribution < -0.4 is 10.2 Å². The first kappa shape index (κ1) is 20.6. The van der Waals surface area contributed by atoms with Crippen LogP contribution in [0, 0.1) is 0 Å². The number of carbonyl (C=O) groups excluding carboxylic acids is 1. The molecular weight excluding hydrogens is 483 g/mol. The Balaban J connectivity index is 1.37. The highest BCUT2D eigenvalue weighted by Gasteiger charge is 2.69. The SMILES string of the molecule is O=C1Nc2nc(-c3cn4ccnc4c(CCC(F)(F)F)n3)nc3c2C1(c1ccc(Cl)cc1)C1CN31. The summed E-state index contributed by atoms with van der Waals surface area (Å²) in [5.74, 6) is 1.06. The Labute approximate surface area is 200 Å². The van der Waals surface area contributed by atoms with Crippen LogP contribution in [0.2, 0.25) is 5.02 Å². The fraction of sp³-hybridized carbons (Fsp3) is 0.261. The van der Waals surface area contributed by atoms with E-state index in [1.807, 2.05) is 17.0 Å². The Hall–Kier alpha value is -3.73. The minimum absolute atomic E-state index is 0.0871. The molecule has 35 heavy (non-hydrogen) atoms. The standard InChI is InChI=1S/C23H15ClF3N7O/c24-12-3-1-11(2-4-12)23-15-10-34(15)20-16(23)18(32-21(23)35)30-17(31-20)14-9-33-8-7-28-19(33)13(29-14)5-6-22(25,26)27/h1-4,7-9,15H,5-6,10H2,(H,30,31,32,35). The summed E-state index contributed by atoms with van der Waals surface area (Å²) in [6.45, 7) is 0.657. The number of hydrogen-bond acceptors (Lipinski definition) is 6. The summed E-state index contributed by atoms with van der Waals surface area (Å²) in [6, 6.07) is 7.11. The van der Waals surface area contributed by atoms with Crippen molar-refractivity contribution in [2.75, 3.05) is 16.8 Å². The van der Waals surface area contributed by atoms with Crippen molar-refractivity contribution in [3.63, 3.8) is 0 Å². The first-order chi connectivity index (χ1) is 16.8. The molecule has 0 spiro atoms. The number of anilines is 2. The molecule has 3 aliphatic rings. The lowest BCUT2D eigenvalue weighted by molar-refractivity contribution is -0.134. The Kier molecular flexibility index (Phi) is 3.94. The Bertz CT molecular complexity index is 1550. The summed E-state index contributed by atoms with van der Waals surface area (Å²) < 4.78 is 40.3. The zero-order valence-electron chi connectivity index (χ0n) is 17.8. The van der Waals surface area contributed by atoms with E-state index in [4.69, 9.17) is 16.6 Å². The van der Waals surface area contributed by atoms with Gasteiger partial charge >= 0.3 is 6.18 Å². The second kappa shape index (κ2) is 6.69. The predicted molar refractivity (Wildman–Crippen MR) is 120 cm³/mol. The average molecular weight is 498 g/mol. The average Bonchev–Trinajstić information content (AvgIpc) is 3.22. The van der Waals surface area contributed by atoms with Gasteiger partial charge in [0.15, 0.2) is 11.5 Å². The molecule has 1 aromatic carbocycles. The second-order valence-electron chi connectivity index (χ2n) is 8.88. The molecule has 0 aliphatic carbocycles. The molecule has 0 radical (unpaired) electrons. The summed E-state index contributed by atoms with van der Waals surface area (Å²) in [7, 11) is 0. The number of hydrogen-bond donors (Lipinski definition) is 1. The van der Waals surface area contributed by atoms with Crippen LogP contribution in [-0.2, 0) is 16.6 Å². The fourth-order valence-corrected chi connectivity index (χ4v) is 5.45. The van der Waals surface area contributed by atoms with Gasteiger partial charge in [0.2, 0.25) is 5.91 Å². The largest absolute Gasteiger partial charge is 0.389 e. The van der Waals surface area contributed by atoms with Gasteiger partial charge in [0.05, 0.1) is 17.3 Å². The van der Waals surface area contributed by atoms with Gasteiger partial charge in [-0.3, -0.25) is 4.79 Å². The summed E-state index contributed by atoms with van der Waals surface area (Å²) in [6.07, 6.45) is -0.885. The number of halogens is 4. The minimum atomic E-state index is -4.32. The zero-order valence-corrected chi connectivity index (χ0v) is 18.6. The number of nitrogens with one attached hydrogen (secondary N) is 1. The summed E-state index contributed by atoms with van der Waals surface area (Å²) in [5.41, 5.74) is 1.46. The molecule has 3 aliphatic heterocycles. The molecule has 1 fully saturated rings. The van der Waals surface area contributed by atoms with E-state index in [9.17, 15) is 18.0 Å². The van der Waals surface area contributed by atoms with Crippen molar-refractivity contribution in [3.8, 4) is 11.5 Å². The maximum absolute atomic E-state index is 13.4. The van der Waals surface area contributed by atoms with Gasteiger partial charge in [-0.05, 0) is 17.7 Å². The molecule has 176 valence electrons. The Morgan fingerprint density at radius 2 is 1.97 bits per heavy atom. The number of alkyl halides is 3. The Morgan fingerprint density at radius 3 is 2.74 bits per heavy atom. The molecule has 6 heterocycles. The number of fused-ring (bicyclic) bond motifs is 4. The molecule has 3 aromatic heterocycles. The van der Waals surface area contributed by atoms with Gasteiger partial charge in [-0.15, -0.1) is 0 Å². The zero-order chi connectivity index (χ0) is 24.1.